The highest BCUT2D eigenvalue weighted by Crippen LogP contribution is 2.15. The highest BCUT2D eigenvalue weighted by atomic mass is 32.2. The van der Waals surface area contributed by atoms with Crippen molar-refractivity contribution < 1.29 is 17.9 Å². The summed E-state index contributed by atoms with van der Waals surface area (Å²) < 4.78 is 32.0. The molecular weight excluding hydrogens is 342 g/mol. The molecule has 2 rings (SSSR count). The lowest BCUT2D eigenvalue weighted by Crippen LogP contribution is -2.45. The molecule has 0 bridgehead atoms. The molecular formula is C17H21N3O4S. The van der Waals surface area contributed by atoms with Gasteiger partial charge in [-0.3, -0.25) is 9.78 Å². The fourth-order valence-electron chi connectivity index (χ4n) is 2.12. The summed E-state index contributed by atoms with van der Waals surface area (Å²) in [6, 6.07) is 10.6. The maximum atomic E-state index is 12.3. The molecule has 0 fully saturated rings. The van der Waals surface area contributed by atoms with Gasteiger partial charge in [0.1, 0.15) is 5.75 Å². The van der Waals surface area contributed by atoms with Gasteiger partial charge in [-0.05, 0) is 43.3 Å². The average Bonchev–Trinajstić information content (AvgIpc) is 2.62. The largest absolute Gasteiger partial charge is 0.497 e. The van der Waals surface area contributed by atoms with Crippen molar-refractivity contribution in [3.8, 4) is 5.75 Å². The summed E-state index contributed by atoms with van der Waals surface area (Å²) in [6.07, 6.45) is 2.26. The van der Waals surface area contributed by atoms with Crippen molar-refractivity contribution in [2.45, 2.75) is 24.3 Å². The quantitative estimate of drug-likeness (QED) is 0.732. The number of nitrogens with zero attached hydrogens (tertiary/aromatic N) is 1. The second-order valence-electron chi connectivity index (χ2n) is 5.38. The maximum Gasteiger partial charge on any atom is 0.241 e. The van der Waals surface area contributed by atoms with Crippen LogP contribution in [-0.4, -0.2) is 39.0 Å². The molecule has 1 aromatic carbocycles. The number of sulfonamides is 1. The van der Waals surface area contributed by atoms with E-state index < -0.39 is 22.0 Å². The standard InChI is InChI=1S/C17H21N3O4S/c1-13(17(21)19-12-10-14-5-3-4-11-18-14)20-25(22,23)16-8-6-15(24-2)7-9-16/h3-9,11,13,20H,10,12H2,1-2H3,(H,19,21)/t13-/m1/s1. The molecule has 0 radical (unpaired) electrons. The van der Waals surface area contributed by atoms with Gasteiger partial charge in [0, 0.05) is 24.9 Å². The predicted molar refractivity (Wildman–Crippen MR) is 93.7 cm³/mol. The van der Waals surface area contributed by atoms with Crippen LogP contribution in [0.3, 0.4) is 0 Å². The third kappa shape index (κ3) is 5.54. The first kappa shape index (κ1) is 18.9. The van der Waals surface area contributed by atoms with Gasteiger partial charge in [0.05, 0.1) is 18.0 Å². The number of ether oxygens (including phenoxy) is 1. The summed E-state index contributed by atoms with van der Waals surface area (Å²) in [4.78, 5) is 16.3. The lowest BCUT2D eigenvalue weighted by Gasteiger charge is -2.14. The number of amides is 1. The first-order valence-electron chi connectivity index (χ1n) is 7.76. The Labute approximate surface area is 147 Å². The van der Waals surface area contributed by atoms with Gasteiger partial charge >= 0.3 is 0 Å². The van der Waals surface area contributed by atoms with Gasteiger partial charge in [-0.25, -0.2) is 8.42 Å². The Bertz CT molecular complexity index is 792. The predicted octanol–water partition coefficient (Wildman–Crippen LogP) is 1.12. The second kappa shape index (κ2) is 8.59. The van der Waals surface area contributed by atoms with Crippen LogP contribution in [0.25, 0.3) is 0 Å². The van der Waals surface area contributed by atoms with Crippen LogP contribution in [0.5, 0.6) is 5.75 Å². The zero-order chi connectivity index (χ0) is 18.3. The van der Waals surface area contributed by atoms with Crippen LogP contribution in [-0.2, 0) is 21.2 Å². The molecule has 0 saturated carbocycles. The maximum absolute atomic E-state index is 12.3. The van der Waals surface area contributed by atoms with E-state index in [0.29, 0.717) is 18.7 Å². The van der Waals surface area contributed by atoms with Crippen LogP contribution in [0.2, 0.25) is 0 Å². The number of nitrogens with one attached hydrogen (secondary N) is 2. The second-order valence-corrected chi connectivity index (χ2v) is 7.09. The zero-order valence-corrected chi connectivity index (χ0v) is 14.9. The smallest absolute Gasteiger partial charge is 0.241 e. The Morgan fingerprint density at radius 3 is 2.52 bits per heavy atom. The van der Waals surface area contributed by atoms with Gasteiger partial charge in [-0.2, -0.15) is 4.72 Å². The Balaban J connectivity index is 1.88. The van der Waals surface area contributed by atoms with Gasteiger partial charge in [-0.1, -0.05) is 6.07 Å². The molecule has 0 aliphatic heterocycles. The molecule has 2 aromatic rings. The summed E-state index contributed by atoms with van der Waals surface area (Å²) in [5, 5.41) is 2.70. The molecule has 1 aromatic heterocycles. The van der Waals surface area contributed by atoms with Crippen LogP contribution < -0.4 is 14.8 Å². The fraction of sp³-hybridized carbons (Fsp3) is 0.294. The van der Waals surface area contributed by atoms with Crippen LogP contribution >= 0.6 is 0 Å². The Morgan fingerprint density at radius 2 is 1.92 bits per heavy atom. The molecule has 0 spiro atoms. The number of hydrogen-bond donors (Lipinski definition) is 2. The lowest BCUT2D eigenvalue weighted by atomic mass is 10.2. The average molecular weight is 363 g/mol. The molecule has 25 heavy (non-hydrogen) atoms. The minimum absolute atomic E-state index is 0.0708. The van der Waals surface area contributed by atoms with E-state index in [1.165, 1.54) is 26.2 Å². The van der Waals surface area contributed by atoms with E-state index in [1.807, 2.05) is 18.2 Å². The molecule has 0 saturated heterocycles. The first-order valence-corrected chi connectivity index (χ1v) is 9.24. The molecule has 8 heteroatoms. The molecule has 1 amide bonds. The minimum Gasteiger partial charge on any atom is -0.497 e. The molecule has 0 aliphatic rings. The van der Waals surface area contributed by atoms with Crippen molar-refractivity contribution in [2.75, 3.05) is 13.7 Å². The van der Waals surface area contributed by atoms with Crippen molar-refractivity contribution in [2.24, 2.45) is 0 Å². The van der Waals surface area contributed by atoms with Gasteiger partial charge < -0.3 is 10.1 Å². The zero-order valence-electron chi connectivity index (χ0n) is 14.1. The molecule has 1 atom stereocenters. The van der Waals surface area contributed by atoms with Gasteiger partial charge in [-0.15, -0.1) is 0 Å². The van der Waals surface area contributed by atoms with Crippen molar-refractivity contribution in [1.82, 2.24) is 15.0 Å². The van der Waals surface area contributed by atoms with Crippen molar-refractivity contribution in [3.63, 3.8) is 0 Å². The molecule has 0 aliphatic carbocycles. The Morgan fingerprint density at radius 1 is 1.20 bits per heavy atom. The summed E-state index contributed by atoms with van der Waals surface area (Å²) in [7, 11) is -2.29. The van der Waals surface area contributed by atoms with E-state index >= 15 is 0 Å². The number of carbonyl (C=O) groups excluding carboxylic acids is 1. The van der Waals surface area contributed by atoms with E-state index in [9.17, 15) is 13.2 Å². The molecule has 1 heterocycles. The molecule has 134 valence electrons. The summed E-state index contributed by atoms with van der Waals surface area (Å²) >= 11 is 0. The van der Waals surface area contributed by atoms with Crippen LogP contribution in [0.1, 0.15) is 12.6 Å². The van der Waals surface area contributed by atoms with E-state index in [0.717, 1.165) is 5.69 Å². The molecule has 7 nitrogen and oxygen atoms in total. The third-order valence-corrected chi connectivity index (χ3v) is 5.06. The van der Waals surface area contributed by atoms with Gasteiger partial charge in [0.15, 0.2) is 0 Å². The van der Waals surface area contributed by atoms with Gasteiger partial charge in [0.2, 0.25) is 15.9 Å². The van der Waals surface area contributed by atoms with Crippen molar-refractivity contribution >= 4 is 15.9 Å². The van der Waals surface area contributed by atoms with Crippen molar-refractivity contribution in [3.05, 3.63) is 54.4 Å². The SMILES string of the molecule is COc1ccc(S(=O)(=O)N[C@H](C)C(=O)NCCc2ccccn2)cc1. The monoisotopic (exact) mass is 363 g/mol. The van der Waals surface area contributed by atoms with Crippen molar-refractivity contribution in [1.29, 1.82) is 0 Å². The van der Waals surface area contributed by atoms with Crippen LogP contribution in [0.4, 0.5) is 0 Å². The van der Waals surface area contributed by atoms with E-state index in [4.69, 9.17) is 4.74 Å². The van der Waals surface area contributed by atoms with E-state index in [2.05, 4.69) is 15.0 Å². The molecule has 0 unspecified atom stereocenters. The van der Waals surface area contributed by atoms with E-state index in [1.54, 1.807) is 18.3 Å². The lowest BCUT2D eigenvalue weighted by molar-refractivity contribution is -0.122. The number of methoxy groups -OCH3 is 1. The third-order valence-electron chi connectivity index (χ3n) is 3.50. The Kier molecular flexibility index (Phi) is 6.49. The molecule has 2 N–H and O–H groups in total. The topological polar surface area (TPSA) is 97.4 Å². The number of benzene rings is 1. The van der Waals surface area contributed by atoms with Crippen LogP contribution in [0.15, 0.2) is 53.6 Å². The number of carbonyl (C=O) groups is 1. The fourth-order valence-corrected chi connectivity index (χ4v) is 3.32. The summed E-state index contributed by atoms with van der Waals surface area (Å²) in [6.45, 7) is 1.88. The normalized spacial score (nSPS) is 12.4. The highest BCUT2D eigenvalue weighted by molar-refractivity contribution is 7.89. The number of rotatable bonds is 8. The minimum atomic E-state index is -3.79. The van der Waals surface area contributed by atoms with Gasteiger partial charge in [0.25, 0.3) is 0 Å². The number of pyridine rings is 1. The number of hydrogen-bond acceptors (Lipinski definition) is 5. The highest BCUT2D eigenvalue weighted by Gasteiger charge is 2.21. The summed E-state index contributed by atoms with van der Waals surface area (Å²) in [5.41, 5.74) is 0.856. The van der Waals surface area contributed by atoms with E-state index in [-0.39, 0.29) is 4.90 Å². The first-order chi connectivity index (χ1) is 11.9. The summed E-state index contributed by atoms with van der Waals surface area (Å²) in [5.74, 6) is 0.160. The Hall–Kier alpha value is -2.45. The number of aromatic nitrogens is 1. The van der Waals surface area contributed by atoms with Crippen LogP contribution in [0, 0.1) is 0 Å².